The van der Waals surface area contributed by atoms with Crippen molar-refractivity contribution in [3.8, 4) is 0 Å². The number of imidazole rings is 1. The molecule has 0 saturated carbocycles. The normalized spacial score (nSPS) is 12.6. The first-order valence-electron chi connectivity index (χ1n) is 6.14. The zero-order valence-corrected chi connectivity index (χ0v) is 11.0. The van der Waals surface area contributed by atoms with Crippen LogP contribution in [0.25, 0.3) is 11.0 Å². The van der Waals surface area contributed by atoms with E-state index in [-0.39, 0.29) is 5.41 Å². The molecule has 0 aliphatic rings. The van der Waals surface area contributed by atoms with Crippen molar-refractivity contribution in [3.05, 3.63) is 29.6 Å². The van der Waals surface area contributed by atoms with Crippen LogP contribution in [0, 0.1) is 0 Å². The van der Waals surface area contributed by atoms with Crippen LogP contribution < -0.4 is 5.73 Å². The molecule has 0 unspecified atom stereocenters. The number of rotatable bonds is 3. The number of nitrogens with zero attached hydrogens (tertiary/aromatic N) is 1. The molecular weight excluding hydrogens is 210 g/mol. The summed E-state index contributed by atoms with van der Waals surface area (Å²) in [7, 11) is 0. The van der Waals surface area contributed by atoms with E-state index >= 15 is 0 Å². The minimum Gasteiger partial charge on any atom is -0.341 e. The Labute approximate surface area is 102 Å². The third-order valence-corrected chi connectivity index (χ3v) is 3.32. The van der Waals surface area contributed by atoms with E-state index in [1.165, 1.54) is 5.56 Å². The van der Waals surface area contributed by atoms with Crippen LogP contribution >= 0.6 is 0 Å². The van der Waals surface area contributed by atoms with Crippen LogP contribution in [0.1, 0.15) is 45.0 Å². The van der Waals surface area contributed by atoms with Gasteiger partial charge in [0.2, 0.25) is 0 Å². The van der Waals surface area contributed by atoms with Gasteiger partial charge in [-0.05, 0) is 23.6 Å². The lowest BCUT2D eigenvalue weighted by atomic mass is 9.93. The van der Waals surface area contributed by atoms with Gasteiger partial charge in [0.05, 0.1) is 11.0 Å². The summed E-state index contributed by atoms with van der Waals surface area (Å²) in [5.74, 6) is 1.50. The molecule has 0 radical (unpaired) electrons. The van der Waals surface area contributed by atoms with Crippen molar-refractivity contribution in [1.29, 1.82) is 0 Å². The summed E-state index contributed by atoms with van der Waals surface area (Å²) >= 11 is 0. The predicted molar refractivity (Wildman–Crippen MR) is 72.3 cm³/mol. The van der Waals surface area contributed by atoms with Crippen LogP contribution in [-0.4, -0.2) is 16.5 Å². The predicted octanol–water partition coefficient (Wildman–Crippen LogP) is 2.92. The SMILES string of the molecule is CC(C)c1ccc2nc(C(C)(C)CN)[nH]c2c1. The molecule has 2 rings (SSSR count). The fourth-order valence-corrected chi connectivity index (χ4v) is 1.80. The quantitative estimate of drug-likeness (QED) is 0.853. The molecule has 1 heterocycles. The Kier molecular flexibility index (Phi) is 2.96. The smallest absolute Gasteiger partial charge is 0.114 e. The first kappa shape index (κ1) is 12.1. The van der Waals surface area contributed by atoms with E-state index in [0.29, 0.717) is 12.5 Å². The van der Waals surface area contributed by atoms with Gasteiger partial charge in [-0.3, -0.25) is 0 Å². The molecule has 2 aromatic rings. The van der Waals surface area contributed by atoms with Crippen molar-refractivity contribution < 1.29 is 0 Å². The van der Waals surface area contributed by atoms with E-state index in [1.54, 1.807) is 0 Å². The average Bonchev–Trinajstić information content (AvgIpc) is 2.72. The van der Waals surface area contributed by atoms with Crippen molar-refractivity contribution in [2.75, 3.05) is 6.54 Å². The maximum Gasteiger partial charge on any atom is 0.114 e. The van der Waals surface area contributed by atoms with Gasteiger partial charge in [-0.25, -0.2) is 4.98 Å². The molecule has 0 atom stereocenters. The maximum absolute atomic E-state index is 5.78. The van der Waals surface area contributed by atoms with Crippen LogP contribution in [-0.2, 0) is 5.41 Å². The van der Waals surface area contributed by atoms with Gasteiger partial charge in [-0.2, -0.15) is 0 Å². The molecule has 0 aliphatic carbocycles. The fraction of sp³-hybridized carbons (Fsp3) is 0.500. The van der Waals surface area contributed by atoms with Gasteiger partial charge < -0.3 is 10.7 Å². The molecule has 0 saturated heterocycles. The van der Waals surface area contributed by atoms with Crippen molar-refractivity contribution >= 4 is 11.0 Å². The summed E-state index contributed by atoms with van der Waals surface area (Å²) in [5, 5.41) is 0. The molecule has 3 nitrogen and oxygen atoms in total. The number of hydrogen-bond acceptors (Lipinski definition) is 2. The summed E-state index contributed by atoms with van der Waals surface area (Å²) in [6, 6.07) is 6.41. The number of nitrogens with two attached hydrogens (primary N) is 1. The Hall–Kier alpha value is -1.35. The molecule has 0 fully saturated rings. The van der Waals surface area contributed by atoms with Crippen LogP contribution in [0.4, 0.5) is 0 Å². The summed E-state index contributed by atoms with van der Waals surface area (Å²) in [5.41, 5.74) is 9.13. The van der Waals surface area contributed by atoms with Gasteiger partial charge in [0, 0.05) is 12.0 Å². The topological polar surface area (TPSA) is 54.7 Å². The molecule has 1 aromatic heterocycles. The Bertz CT molecular complexity index is 523. The first-order valence-corrected chi connectivity index (χ1v) is 6.14. The van der Waals surface area contributed by atoms with E-state index in [2.05, 4.69) is 55.9 Å². The number of aromatic amines is 1. The molecule has 3 N–H and O–H groups in total. The molecule has 3 heteroatoms. The lowest BCUT2D eigenvalue weighted by Crippen LogP contribution is -2.29. The minimum atomic E-state index is -0.100. The van der Waals surface area contributed by atoms with Gasteiger partial charge in [-0.15, -0.1) is 0 Å². The van der Waals surface area contributed by atoms with Crippen molar-refractivity contribution in [2.45, 2.75) is 39.0 Å². The van der Waals surface area contributed by atoms with Gasteiger partial charge in [0.1, 0.15) is 5.82 Å². The number of benzene rings is 1. The van der Waals surface area contributed by atoms with Gasteiger partial charge in [0.15, 0.2) is 0 Å². The van der Waals surface area contributed by atoms with Crippen LogP contribution in [0.3, 0.4) is 0 Å². The molecule has 0 amide bonds. The van der Waals surface area contributed by atoms with Crippen molar-refractivity contribution in [2.24, 2.45) is 5.73 Å². The van der Waals surface area contributed by atoms with E-state index in [9.17, 15) is 0 Å². The third kappa shape index (κ3) is 2.20. The maximum atomic E-state index is 5.78. The Balaban J connectivity index is 2.51. The monoisotopic (exact) mass is 231 g/mol. The first-order chi connectivity index (χ1) is 7.94. The number of hydrogen-bond donors (Lipinski definition) is 2. The van der Waals surface area contributed by atoms with Gasteiger partial charge in [-0.1, -0.05) is 33.8 Å². The zero-order chi connectivity index (χ0) is 12.6. The lowest BCUT2D eigenvalue weighted by molar-refractivity contribution is 0.509. The summed E-state index contributed by atoms with van der Waals surface area (Å²) in [6.07, 6.45) is 0. The molecule has 0 bridgehead atoms. The number of nitrogens with one attached hydrogen (secondary N) is 1. The highest BCUT2D eigenvalue weighted by Crippen LogP contribution is 2.24. The highest BCUT2D eigenvalue weighted by Gasteiger charge is 2.22. The zero-order valence-electron chi connectivity index (χ0n) is 11.0. The second-order valence-electron chi connectivity index (χ2n) is 5.60. The van der Waals surface area contributed by atoms with Crippen LogP contribution in [0.15, 0.2) is 18.2 Å². The van der Waals surface area contributed by atoms with E-state index in [4.69, 9.17) is 5.73 Å². The van der Waals surface area contributed by atoms with Gasteiger partial charge >= 0.3 is 0 Å². The fourth-order valence-electron chi connectivity index (χ4n) is 1.80. The van der Waals surface area contributed by atoms with E-state index < -0.39 is 0 Å². The molecule has 1 aromatic carbocycles. The third-order valence-electron chi connectivity index (χ3n) is 3.32. The second kappa shape index (κ2) is 4.15. The van der Waals surface area contributed by atoms with Crippen molar-refractivity contribution in [3.63, 3.8) is 0 Å². The molecule has 0 spiro atoms. The van der Waals surface area contributed by atoms with Crippen LogP contribution in [0.5, 0.6) is 0 Å². The highest BCUT2D eigenvalue weighted by molar-refractivity contribution is 5.76. The minimum absolute atomic E-state index is 0.100. The molecule has 0 aliphatic heterocycles. The molecule has 17 heavy (non-hydrogen) atoms. The lowest BCUT2D eigenvalue weighted by Gasteiger charge is -2.18. The number of H-pyrrole nitrogens is 1. The second-order valence-corrected chi connectivity index (χ2v) is 5.60. The summed E-state index contributed by atoms with van der Waals surface area (Å²) in [4.78, 5) is 8.01. The number of aromatic nitrogens is 2. The van der Waals surface area contributed by atoms with Crippen molar-refractivity contribution in [1.82, 2.24) is 9.97 Å². The standard InChI is InChI=1S/C14H21N3/c1-9(2)10-5-6-11-12(7-10)17-13(16-11)14(3,4)8-15/h5-7,9H,8,15H2,1-4H3,(H,16,17). The highest BCUT2D eigenvalue weighted by atomic mass is 14.9. The number of fused-ring (bicyclic) bond motifs is 1. The Morgan fingerprint density at radius 3 is 2.65 bits per heavy atom. The summed E-state index contributed by atoms with van der Waals surface area (Å²) in [6.45, 7) is 9.19. The molecular formula is C14H21N3. The Morgan fingerprint density at radius 2 is 2.06 bits per heavy atom. The van der Waals surface area contributed by atoms with E-state index in [1.807, 2.05) is 0 Å². The average molecular weight is 231 g/mol. The largest absolute Gasteiger partial charge is 0.341 e. The van der Waals surface area contributed by atoms with E-state index in [0.717, 1.165) is 16.9 Å². The Morgan fingerprint density at radius 1 is 1.35 bits per heavy atom. The summed E-state index contributed by atoms with van der Waals surface area (Å²) < 4.78 is 0. The van der Waals surface area contributed by atoms with Crippen LogP contribution in [0.2, 0.25) is 0 Å². The molecule has 92 valence electrons. The van der Waals surface area contributed by atoms with Gasteiger partial charge in [0.25, 0.3) is 0 Å².